The maximum absolute atomic E-state index is 9.58. The second-order valence-electron chi connectivity index (χ2n) is 5.86. The zero-order valence-corrected chi connectivity index (χ0v) is 11.6. The fraction of sp³-hybridized carbons (Fsp3) is 0.600. The van der Waals surface area contributed by atoms with Crippen molar-refractivity contribution in [1.82, 2.24) is 0 Å². The third-order valence-electron chi connectivity index (χ3n) is 3.11. The molecule has 0 aliphatic carbocycles. The summed E-state index contributed by atoms with van der Waals surface area (Å²) in [5.74, 6) is 0.808. The molecule has 0 fully saturated rings. The molecule has 0 heterocycles. The van der Waals surface area contributed by atoms with E-state index in [0.29, 0.717) is 6.61 Å². The molecule has 17 heavy (non-hydrogen) atoms. The van der Waals surface area contributed by atoms with Crippen molar-refractivity contribution in [3.05, 3.63) is 29.8 Å². The zero-order valence-electron chi connectivity index (χ0n) is 11.6. The molecule has 1 aromatic rings. The van der Waals surface area contributed by atoms with E-state index in [1.54, 1.807) is 13.8 Å². The topological polar surface area (TPSA) is 29.5 Å². The summed E-state index contributed by atoms with van der Waals surface area (Å²) in [5, 5.41) is 9.58. The lowest BCUT2D eigenvalue weighted by Gasteiger charge is -2.24. The van der Waals surface area contributed by atoms with Crippen LogP contribution >= 0.6 is 0 Å². The van der Waals surface area contributed by atoms with Crippen LogP contribution < -0.4 is 4.74 Å². The van der Waals surface area contributed by atoms with Crippen LogP contribution in [-0.2, 0) is 5.41 Å². The van der Waals surface area contributed by atoms with Gasteiger partial charge in [-0.25, -0.2) is 0 Å². The first-order valence-corrected chi connectivity index (χ1v) is 6.20. The van der Waals surface area contributed by atoms with Gasteiger partial charge in [-0.3, -0.25) is 0 Å². The van der Waals surface area contributed by atoms with Crippen molar-refractivity contribution in [3.63, 3.8) is 0 Å². The SMILES string of the molecule is CCC(C)(C)c1ccc(OCC(C)(C)O)cc1. The molecule has 96 valence electrons. The van der Waals surface area contributed by atoms with Gasteiger partial charge in [-0.1, -0.05) is 32.9 Å². The van der Waals surface area contributed by atoms with Gasteiger partial charge in [0.25, 0.3) is 0 Å². The molecule has 0 radical (unpaired) electrons. The summed E-state index contributed by atoms with van der Waals surface area (Å²) in [5.41, 5.74) is 0.728. The quantitative estimate of drug-likeness (QED) is 0.847. The number of ether oxygens (including phenoxy) is 1. The maximum atomic E-state index is 9.58. The Labute approximate surface area is 105 Å². The van der Waals surface area contributed by atoms with Crippen molar-refractivity contribution in [2.45, 2.75) is 52.1 Å². The highest BCUT2D eigenvalue weighted by atomic mass is 16.5. The number of benzene rings is 1. The second-order valence-corrected chi connectivity index (χ2v) is 5.86. The standard InChI is InChI=1S/C15H24O2/c1-6-14(2,3)12-7-9-13(10-8-12)17-11-15(4,5)16/h7-10,16H,6,11H2,1-5H3. The number of aliphatic hydroxyl groups is 1. The van der Waals surface area contributed by atoms with Crippen molar-refractivity contribution < 1.29 is 9.84 Å². The van der Waals surface area contributed by atoms with Crippen LogP contribution in [0.1, 0.15) is 46.6 Å². The molecule has 2 heteroatoms. The summed E-state index contributed by atoms with van der Waals surface area (Å²) in [6.07, 6.45) is 1.11. The Morgan fingerprint density at radius 2 is 1.59 bits per heavy atom. The minimum Gasteiger partial charge on any atom is -0.491 e. The molecular weight excluding hydrogens is 212 g/mol. The second kappa shape index (κ2) is 5.09. The lowest BCUT2D eigenvalue weighted by Crippen LogP contribution is -2.27. The third-order valence-corrected chi connectivity index (χ3v) is 3.11. The Kier molecular flexibility index (Phi) is 4.21. The largest absolute Gasteiger partial charge is 0.491 e. The lowest BCUT2D eigenvalue weighted by molar-refractivity contribution is 0.0285. The molecule has 1 N–H and O–H groups in total. The van der Waals surface area contributed by atoms with Gasteiger partial charge in [0.05, 0.1) is 5.60 Å². The molecule has 1 aromatic carbocycles. The van der Waals surface area contributed by atoms with Gasteiger partial charge in [-0.15, -0.1) is 0 Å². The zero-order chi connectivity index (χ0) is 13.1. The van der Waals surface area contributed by atoms with Crippen molar-refractivity contribution in [2.75, 3.05) is 6.61 Å². The van der Waals surface area contributed by atoms with E-state index in [9.17, 15) is 5.11 Å². The van der Waals surface area contributed by atoms with E-state index in [4.69, 9.17) is 4.74 Å². The Morgan fingerprint density at radius 3 is 2.00 bits per heavy atom. The van der Waals surface area contributed by atoms with Crippen LogP contribution in [0.25, 0.3) is 0 Å². The molecule has 0 aliphatic rings. The third kappa shape index (κ3) is 4.39. The first kappa shape index (κ1) is 14.0. The Morgan fingerprint density at radius 1 is 1.06 bits per heavy atom. The monoisotopic (exact) mass is 236 g/mol. The summed E-state index contributed by atoms with van der Waals surface area (Å²) >= 11 is 0. The number of rotatable bonds is 5. The molecule has 0 saturated carbocycles. The van der Waals surface area contributed by atoms with Gasteiger partial charge < -0.3 is 9.84 Å². The van der Waals surface area contributed by atoms with Gasteiger partial charge in [-0.05, 0) is 43.4 Å². The molecule has 2 nitrogen and oxygen atoms in total. The first-order chi connectivity index (χ1) is 7.74. The van der Waals surface area contributed by atoms with Crippen LogP contribution in [-0.4, -0.2) is 17.3 Å². The number of hydrogen-bond acceptors (Lipinski definition) is 2. The van der Waals surface area contributed by atoms with Crippen LogP contribution in [0.2, 0.25) is 0 Å². The molecule has 0 saturated heterocycles. The minimum atomic E-state index is -0.790. The molecule has 0 aliphatic heterocycles. The molecule has 0 bridgehead atoms. The molecule has 1 rings (SSSR count). The van der Waals surface area contributed by atoms with Crippen LogP contribution in [0.4, 0.5) is 0 Å². The predicted molar refractivity (Wildman–Crippen MR) is 71.6 cm³/mol. The van der Waals surface area contributed by atoms with Crippen molar-refractivity contribution >= 4 is 0 Å². The molecule has 0 amide bonds. The molecule has 0 atom stereocenters. The molecular formula is C15H24O2. The molecule has 0 unspecified atom stereocenters. The highest BCUT2D eigenvalue weighted by Crippen LogP contribution is 2.28. The van der Waals surface area contributed by atoms with Crippen molar-refractivity contribution in [2.24, 2.45) is 0 Å². The Bertz CT molecular complexity index is 344. The fourth-order valence-corrected chi connectivity index (χ4v) is 1.47. The normalized spacial score (nSPS) is 12.6. The Balaban J connectivity index is 2.69. The van der Waals surface area contributed by atoms with Crippen LogP contribution in [0.15, 0.2) is 24.3 Å². The maximum Gasteiger partial charge on any atom is 0.119 e. The summed E-state index contributed by atoms with van der Waals surface area (Å²) in [6, 6.07) is 8.14. The first-order valence-electron chi connectivity index (χ1n) is 6.20. The average Bonchev–Trinajstić information content (AvgIpc) is 2.26. The summed E-state index contributed by atoms with van der Waals surface area (Å²) in [4.78, 5) is 0. The van der Waals surface area contributed by atoms with Crippen LogP contribution in [0, 0.1) is 0 Å². The van der Waals surface area contributed by atoms with E-state index in [-0.39, 0.29) is 5.41 Å². The summed E-state index contributed by atoms with van der Waals surface area (Å²) < 4.78 is 5.52. The van der Waals surface area contributed by atoms with E-state index in [1.165, 1.54) is 5.56 Å². The lowest BCUT2D eigenvalue weighted by atomic mass is 9.82. The van der Waals surface area contributed by atoms with E-state index in [2.05, 4.69) is 32.9 Å². The van der Waals surface area contributed by atoms with Crippen LogP contribution in [0.3, 0.4) is 0 Å². The smallest absolute Gasteiger partial charge is 0.119 e. The van der Waals surface area contributed by atoms with Gasteiger partial charge in [0, 0.05) is 0 Å². The molecule has 0 spiro atoms. The Hall–Kier alpha value is -1.02. The summed E-state index contributed by atoms with van der Waals surface area (Å²) in [7, 11) is 0. The van der Waals surface area contributed by atoms with Gasteiger partial charge in [0.15, 0.2) is 0 Å². The van der Waals surface area contributed by atoms with Gasteiger partial charge >= 0.3 is 0 Å². The highest BCUT2D eigenvalue weighted by Gasteiger charge is 2.18. The van der Waals surface area contributed by atoms with Crippen molar-refractivity contribution in [1.29, 1.82) is 0 Å². The number of hydrogen-bond donors (Lipinski definition) is 1. The average molecular weight is 236 g/mol. The molecule has 0 aromatic heterocycles. The van der Waals surface area contributed by atoms with Crippen molar-refractivity contribution in [3.8, 4) is 5.75 Å². The predicted octanol–water partition coefficient (Wildman–Crippen LogP) is 3.52. The van der Waals surface area contributed by atoms with Gasteiger partial charge in [0.1, 0.15) is 12.4 Å². The van der Waals surface area contributed by atoms with E-state index in [0.717, 1.165) is 12.2 Å². The van der Waals surface area contributed by atoms with E-state index in [1.807, 2.05) is 12.1 Å². The summed E-state index contributed by atoms with van der Waals surface area (Å²) in [6.45, 7) is 10.4. The minimum absolute atomic E-state index is 0.203. The van der Waals surface area contributed by atoms with Gasteiger partial charge in [0.2, 0.25) is 0 Å². The van der Waals surface area contributed by atoms with Gasteiger partial charge in [-0.2, -0.15) is 0 Å². The van der Waals surface area contributed by atoms with E-state index >= 15 is 0 Å². The fourth-order valence-electron chi connectivity index (χ4n) is 1.47. The van der Waals surface area contributed by atoms with Crippen LogP contribution in [0.5, 0.6) is 5.75 Å². The van der Waals surface area contributed by atoms with E-state index < -0.39 is 5.60 Å². The highest BCUT2D eigenvalue weighted by molar-refractivity contribution is 5.31.